The van der Waals surface area contributed by atoms with Gasteiger partial charge in [0.2, 0.25) is 0 Å². The monoisotopic (exact) mass is 242 g/mol. The van der Waals surface area contributed by atoms with Gasteiger partial charge in [-0.1, -0.05) is 23.2 Å². The maximum absolute atomic E-state index is 12.2. The lowest BCUT2D eigenvalue weighted by atomic mass is 10.3. The van der Waals surface area contributed by atoms with Crippen LogP contribution in [0.5, 0.6) is 0 Å². The fourth-order valence-electron chi connectivity index (χ4n) is 0.781. The van der Waals surface area contributed by atoms with E-state index in [0.29, 0.717) is 0 Å². The summed E-state index contributed by atoms with van der Waals surface area (Å²) in [5.41, 5.74) is -1.56. The first kappa shape index (κ1) is 11.1. The first-order chi connectivity index (χ1) is 6.43. The molecule has 0 amide bonds. The highest BCUT2D eigenvalue weighted by molar-refractivity contribution is 6.34. The Morgan fingerprint density at radius 2 is 2.07 bits per heavy atom. The number of nitro groups is 1. The standard InChI is InChI=1S/C6H2Cl2F2N2O2/c7-3-1-2(12(13)14)4(8)5(11-3)6(9)10/h1,6H. The van der Waals surface area contributed by atoms with E-state index in [1.165, 1.54) is 0 Å². The number of alkyl halides is 2. The third-order valence-corrected chi connectivity index (χ3v) is 1.92. The maximum Gasteiger partial charge on any atom is 0.293 e. The normalized spacial score (nSPS) is 10.6. The van der Waals surface area contributed by atoms with E-state index in [2.05, 4.69) is 4.98 Å². The van der Waals surface area contributed by atoms with Crippen molar-refractivity contribution in [2.45, 2.75) is 6.43 Å². The minimum absolute atomic E-state index is 0.392. The molecular formula is C6H2Cl2F2N2O2. The molecule has 1 aromatic rings. The van der Waals surface area contributed by atoms with Crippen LogP contribution in [0.1, 0.15) is 12.1 Å². The van der Waals surface area contributed by atoms with Gasteiger partial charge >= 0.3 is 0 Å². The van der Waals surface area contributed by atoms with Crippen molar-refractivity contribution in [3.05, 3.63) is 32.1 Å². The van der Waals surface area contributed by atoms with Crippen molar-refractivity contribution in [3.63, 3.8) is 0 Å². The largest absolute Gasteiger partial charge is 0.293 e. The predicted molar refractivity (Wildman–Crippen MR) is 45.9 cm³/mol. The highest BCUT2D eigenvalue weighted by Crippen LogP contribution is 2.34. The van der Waals surface area contributed by atoms with E-state index >= 15 is 0 Å². The quantitative estimate of drug-likeness (QED) is 0.455. The molecule has 0 N–H and O–H groups in total. The Labute approximate surface area is 86.6 Å². The molecule has 0 aliphatic carbocycles. The van der Waals surface area contributed by atoms with Crippen molar-refractivity contribution in [1.82, 2.24) is 4.98 Å². The summed E-state index contributed by atoms with van der Waals surface area (Å²) in [6.07, 6.45) is -3.00. The lowest BCUT2D eigenvalue weighted by Crippen LogP contribution is -1.97. The second-order valence-corrected chi connectivity index (χ2v) is 2.99. The van der Waals surface area contributed by atoms with Crippen molar-refractivity contribution < 1.29 is 13.7 Å². The van der Waals surface area contributed by atoms with Gasteiger partial charge in [-0.3, -0.25) is 10.1 Å². The van der Waals surface area contributed by atoms with E-state index in [1.807, 2.05) is 0 Å². The van der Waals surface area contributed by atoms with Crippen molar-refractivity contribution in [2.75, 3.05) is 0 Å². The zero-order valence-electron chi connectivity index (χ0n) is 6.38. The zero-order valence-corrected chi connectivity index (χ0v) is 7.89. The second-order valence-electron chi connectivity index (χ2n) is 2.22. The van der Waals surface area contributed by atoms with Crippen LogP contribution in [0.2, 0.25) is 10.2 Å². The Bertz CT molecular complexity index is 386. The van der Waals surface area contributed by atoms with Crippen LogP contribution in [-0.2, 0) is 0 Å². The van der Waals surface area contributed by atoms with Gasteiger partial charge in [-0.05, 0) is 0 Å². The summed E-state index contributed by atoms with van der Waals surface area (Å²) in [6.45, 7) is 0. The number of hydrogen-bond acceptors (Lipinski definition) is 3. The molecule has 0 saturated carbocycles. The Balaban J connectivity index is 3.40. The van der Waals surface area contributed by atoms with Gasteiger partial charge in [0.25, 0.3) is 12.1 Å². The summed E-state index contributed by atoms with van der Waals surface area (Å²) >= 11 is 10.6. The maximum atomic E-state index is 12.2. The molecule has 1 rings (SSSR count). The zero-order chi connectivity index (χ0) is 10.9. The van der Waals surface area contributed by atoms with Gasteiger partial charge in [-0.15, -0.1) is 0 Å². The minimum atomic E-state index is -3.00. The van der Waals surface area contributed by atoms with Crippen LogP contribution >= 0.6 is 23.2 Å². The van der Waals surface area contributed by atoms with E-state index in [0.717, 1.165) is 6.07 Å². The lowest BCUT2D eigenvalue weighted by molar-refractivity contribution is -0.384. The molecule has 8 heteroatoms. The fraction of sp³-hybridized carbons (Fsp3) is 0.167. The van der Waals surface area contributed by atoms with Gasteiger partial charge in [0.05, 0.1) is 11.0 Å². The third-order valence-electron chi connectivity index (χ3n) is 1.34. The minimum Gasteiger partial charge on any atom is -0.258 e. The lowest BCUT2D eigenvalue weighted by Gasteiger charge is -2.02. The second kappa shape index (κ2) is 4.02. The highest BCUT2D eigenvalue weighted by atomic mass is 35.5. The van der Waals surface area contributed by atoms with Crippen LogP contribution in [0.25, 0.3) is 0 Å². The molecule has 0 bridgehead atoms. The van der Waals surface area contributed by atoms with E-state index < -0.39 is 32.9 Å². The topological polar surface area (TPSA) is 56.0 Å². The molecule has 0 spiro atoms. The molecule has 0 fully saturated rings. The van der Waals surface area contributed by atoms with E-state index in [1.54, 1.807) is 0 Å². The van der Waals surface area contributed by atoms with Crippen LogP contribution in [0.15, 0.2) is 6.07 Å². The molecule has 0 unspecified atom stereocenters. The van der Waals surface area contributed by atoms with Gasteiger partial charge in [0.15, 0.2) is 0 Å². The molecule has 0 radical (unpaired) electrons. The number of rotatable bonds is 2. The third kappa shape index (κ3) is 2.08. The molecule has 0 atom stereocenters. The summed E-state index contributed by atoms with van der Waals surface area (Å²) < 4.78 is 24.4. The summed E-state index contributed by atoms with van der Waals surface area (Å²) in [6, 6.07) is 0.815. The number of hydrogen-bond donors (Lipinski definition) is 0. The van der Waals surface area contributed by atoms with Crippen molar-refractivity contribution in [3.8, 4) is 0 Å². The van der Waals surface area contributed by atoms with Crippen LogP contribution in [0.3, 0.4) is 0 Å². The van der Waals surface area contributed by atoms with Crippen LogP contribution in [0.4, 0.5) is 14.5 Å². The average molecular weight is 243 g/mol. The van der Waals surface area contributed by atoms with Crippen LogP contribution in [0, 0.1) is 10.1 Å². The first-order valence-electron chi connectivity index (χ1n) is 3.22. The summed E-state index contributed by atoms with van der Waals surface area (Å²) in [7, 11) is 0. The molecule has 0 aromatic carbocycles. The molecule has 0 aliphatic rings. The molecule has 1 aromatic heterocycles. The van der Waals surface area contributed by atoms with Crippen LogP contribution < -0.4 is 0 Å². The Kier molecular flexibility index (Phi) is 3.17. The molecule has 76 valence electrons. The van der Waals surface area contributed by atoms with Gasteiger partial charge in [0, 0.05) is 0 Å². The molecule has 0 saturated heterocycles. The van der Waals surface area contributed by atoms with Gasteiger partial charge in [0.1, 0.15) is 15.9 Å². The van der Waals surface area contributed by atoms with Gasteiger partial charge < -0.3 is 0 Å². The SMILES string of the molecule is O=[N+]([O-])c1cc(Cl)nc(C(F)F)c1Cl. The van der Waals surface area contributed by atoms with E-state index in [-0.39, 0.29) is 0 Å². The van der Waals surface area contributed by atoms with E-state index in [9.17, 15) is 18.9 Å². The predicted octanol–water partition coefficient (Wildman–Crippen LogP) is 3.23. The van der Waals surface area contributed by atoms with Crippen molar-refractivity contribution >= 4 is 28.9 Å². The molecule has 4 nitrogen and oxygen atoms in total. The summed E-state index contributed by atoms with van der Waals surface area (Å²) in [5.74, 6) is 0. The molecule has 0 aliphatic heterocycles. The first-order valence-corrected chi connectivity index (χ1v) is 3.97. The van der Waals surface area contributed by atoms with Crippen LogP contribution in [-0.4, -0.2) is 9.91 Å². The number of nitrogens with zero attached hydrogens (tertiary/aromatic N) is 2. The smallest absolute Gasteiger partial charge is 0.258 e. The van der Waals surface area contributed by atoms with E-state index in [4.69, 9.17) is 23.2 Å². The molecule has 1 heterocycles. The van der Waals surface area contributed by atoms with Gasteiger partial charge in [-0.2, -0.15) is 0 Å². The molecule has 14 heavy (non-hydrogen) atoms. The Hall–Kier alpha value is -1.01. The fourth-order valence-corrected chi connectivity index (χ4v) is 1.22. The Morgan fingerprint density at radius 1 is 1.50 bits per heavy atom. The Morgan fingerprint density at radius 3 is 2.50 bits per heavy atom. The van der Waals surface area contributed by atoms with Gasteiger partial charge in [-0.25, -0.2) is 13.8 Å². The number of aromatic nitrogens is 1. The summed E-state index contributed by atoms with van der Waals surface area (Å²) in [5, 5.41) is 9.26. The van der Waals surface area contributed by atoms with Crippen molar-refractivity contribution in [2.24, 2.45) is 0 Å². The summed E-state index contributed by atoms with van der Waals surface area (Å²) in [4.78, 5) is 12.6. The number of pyridine rings is 1. The number of halogens is 4. The van der Waals surface area contributed by atoms with Crippen molar-refractivity contribution in [1.29, 1.82) is 0 Å². The highest BCUT2D eigenvalue weighted by Gasteiger charge is 2.24. The molecular weight excluding hydrogens is 241 g/mol. The average Bonchev–Trinajstić information content (AvgIpc) is 2.07.